The molecule has 3 aromatic carbocycles. The summed E-state index contributed by atoms with van der Waals surface area (Å²) in [6.45, 7) is 3.22. The number of Topliss-reactive ketones (excluding diaryl/α,β-unsaturated/α-hetero) is 1. The lowest BCUT2D eigenvalue weighted by Gasteiger charge is -2.31. The van der Waals surface area contributed by atoms with Crippen molar-refractivity contribution in [2.45, 2.75) is 26.2 Å². The minimum Gasteiger partial charge on any atom is -0.483 e. The number of rotatable bonds is 7. The summed E-state index contributed by atoms with van der Waals surface area (Å²) in [5.74, 6) is 0.882. The van der Waals surface area contributed by atoms with Crippen molar-refractivity contribution in [2.24, 2.45) is 5.92 Å². The van der Waals surface area contributed by atoms with E-state index >= 15 is 0 Å². The Morgan fingerprint density at radius 2 is 1.53 bits per heavy atom. The van der Waals surface area contributed by atoms with Crippen molar-refractivity contribution in [3.63, 3.8) is 0 Å². The molecule has 0 bridgehead atoms. The van der Waals surface area contributed by atoms with Gasteiger partial charge in [-0.1, -0.05) is 78.4 Å². The van der Waals surface area contributed by atoms with Gasteiger partial charge in [0.1, 0.15) is 5.75 Å². The van der Waals surface area contributed by atoms with Gasteiger partial charge in [-0.05, 0) is 37.0 Å². The molecule has 164 valence electrons. The van der Waals surface area contributed by atoms with Crippen LogP contribution >= 0.6 is 0 Å². The normalized spacial score (nSPS) is 14.2. The molecule has 0 N–H and O–H groups in total. The van der Waals surface area contributed by atoms with Crippen LogP contribution in [0.1, 0.15) is 39.9 Å². The number of aryl methyl sites for hydroxylation is 1. The molecular weight excluding hydrogens is 398 g/mol. The number of carbonyl (C=O) groups is 2. The molecule has 1 fully saturated rings. The number of nitrogens with zero attached hydrogens (tertiary/aromatic N) is 1. The highest BCUT2D eigenvalue weighted by molar-refractivity contribution is 5.98. The van der Waals surface area contributed by atoms with E-state index in [9.17, 15) is 9.59 Å². The zero-order chi connectivity index (χ0) is 22.3. The second-order valence-corrected chi connectivity index (χ2v) is 8.44. The van der Waals surface area contributed by atoms with E-state index in [2.05, 4.69) is 12.1 Å². The van der Waals surface area contributed by atoms with E-state index in [1.54, 1.807) is 0 Å². The van der Waals surface area contributed by atoms with Crippen molar-refractivity contribution in [3.05, 3.63) is 101 Å². The molecule has 4 rings (SSSR count). The van der Waals surface area contributed by atoms with Crippen LogP contribution in [0.25, 0.3) is 0 Å². The lowest BCUT2D eigenvalue weighted by molar-refractivity contribution is -0.134. The first kappa shape index (κ1) is 21.8. The predicted octanol–water partition coefficient (Wildman–Crippen LogP) is 5.09. The van der Waals surface area contributed by atoms with E-state index in [0.29, 0.717) is 25.9 Å². The zero-order valence-electron chi connectivity index (χ0n) is 18.5. The Bertz CT molecular complexity index is 1050. The van der Waals surface area contributed by atoms with Gasteiger partial charge in [-0.3, -0.25) is 9.59 Å². The molecule has 4 nitrogen and oxygen atoms in total. The van der Waals surface area contributed by atoms with Crippen LogP contribution in [0, 0.1) is 12.8 Å². The topological polar surface area (TPSA) is 46.6 Å². The lowest BCUT2D eigenvalue weighted by Crippen LogP contribution is -2.42. The standard InChI is InChI=1S/C28H29NO3/c1-21-11-13-23(14-12-21)28(31)24-15-17-29(18-16-24)27(30)20-32-26-10-6-5-9-25(26)19-22-7-3-2-4-8-22/h2-14,24H,15-20H2,1H3. The maximum atomic E-state index is 12.8. The summed E-state index contributed by atoms with van der Waals surface area (Å²) in [6.07, 6.45) is 2.16. The van der Waals surface area contributed by atoms with Crippen LogP contribution in [-0.4, -0.2) is 36.3 Å². The minimum absolute atomic E-state index is 0.0162. The van der Waals surface area contributed by atoms with Gasteiger partial charge in [-0.2, -0.15) is 0 Å². The first-order chi connectivity index (χ1) is 15.6. The Morgan fingerprint density at radius 3 is 2.25 bits per heavy atom. The molecule has 0 aliphatic carbocycles. The Hall–Kier alpha value is -3.40. The largest absolute Gasteiger partial charge is 0.483 e. The van der Waals surface area contributed by atoms with Crippen LogP contribution in [0.3, 0.4) is 0 Å². The Balaban J connectivity index is 1.29. The van der Waals surface area contributed by atoms with Gasteiger partial charge in [0.05, 0.1) is 0 Å². The van der Waals surface area contributed by atoms with Crippen molar-refractivity contribution in [3.8, 4) is 5.75 Å². The van der Waals surface area contributed by atoms with Gasteiger partial charge in [0.25, 0.3) is 5.91 Å². The number of carbonyl (C=O) groups excluding carboxylic acids is 2. The number of amides is 1. The van der Waals surface area contributed by atoms with Crippen molar-refractivity contribution >= 4 is 11.7 Å². The number of benzene rings is 3. The number of ketones is 1. The van der Waals surface area contributed by atoms with Crippen LogP contribution in [0.15, 0.2) is 78.9 Å². The minimum atomic E-state index is -0.0271. The van der Waals surface area contributed by atoms with Gasteiger partial charge in [-0.15, -0.1) is 0 Å². The highest BCUT2D eigenvalue weighted by Crippen LogP contribution is 2.24. The summed E-state index contributed by atoms with van der Waals surface area (Å²) in [5.41, 5.74) is 4.18. The summed E-state index contributed by atoms with van der Waals surface area (Å²) in [6, 6.07) is 25.8. The monoisotopic (exact) mass is 427 g/mol. The molecule has 3 aromatic rings. The third-order valence-electron chi connectivity index (χ3n) is 6.12. The van der Waals surface area contributed by atoms with Crippen molar-refractivity contribution in [2.75, 3.05) is 19.7 Å². The van der Waals surface area contributed by atoms with E-state index in [4.69, 9.17) is 4.74 Å². The summed E-state index contributed by atoms with van der Waals surface area (Å²) < 4.78 is 5.92. The molecule has 0 unspecified atom stereocenters. The molecule has 1 heterocycles. The second kappa shape index (κ2) is 10.3. The molecule has 1 amide bonds. The van der Waals surface area contributed by atoms with Crippen LogP contribution in [0.2, 0.25) is 0 Å². The van der Waals surface area contributed by atoms with Crippen LogP contribution in [0.5, 0.6) is 5.75 Å². The fraction of sp³-hybridized carbons (Fsp3) is 0.286. The maximum absolute atomic E-state index is 12.8. The van der Waals surface area contributed by atoms with Gasteiger partial charge in [0.2, 0.25) is 0 Å². The molecule has 1 aliphatic heterocycles. The van der Waals surface area contributed by atoms with Gasteiger partial charge < -0.3 is 9.64 Å². The molecule has 0 atom stereocenters. The van der Waals surface area contributed by atoms with E-state index in [1.165, 1.54) is 5.56 Å². The SMILES string of the molecule is Cc1ccc(C(=O)C2CCN(C(=O)COc3ccccc3Cc3ccccc3)CC2)cc1. The van der Waals surface area contributed by atoms with Crippen molar-refractivity contribution in [1.82, 2.24) is 4.90 Å². The number of hydrogen-bond donors (Lipinski definition) is 0. The molecule has 1 aliphatic rings. The average molecular weight is 428 g/mol. The van der Waals surface area contributed by atoms with E-state index < -0.39 is 0 Å². The molecule has 0 radical (unpaired) electrons. The molecule has 4 heteroatoms. The number of hydrogen-bond acceptors (Lipinski definition) is 3. The number of para-hydroxylation sites is 1. The molecule has 0 spiro atoms. The smallest absolute Gasteiger partial charge is 0.260 e. The first-order valence-electron chi connectivity index (χ1n) is 11.2. The predicted molar refractivity (Wildman–Crippen MR) is 126 cm³/mol. The van der Waals surface area contributed by atoms with Crippen LogP contribution < -0.4 is 4.74 Å². The zero-order valence-corrected chi connectivity index (χ0v) is 18.5. The van der Waals surface area contributed by atoms with Crippen LogP contribution in [-0.2, 0) is 11.2 Å². The van der Waals surface area contributed by atoms with Gasteiger partial charge >= 0.3 is 0 Å². The summed E-state index contributed by atoms with van der Waals surface area (Å²) in [7, 11) is 0. The molecule has 0 saturated carbocycles. The number of likely N-dealkylation sites (tertiary alicyclic amines) is 1. The van der Waals surface area contributed by atoms with Crippen molar-refractivity contribution < 1.29 is 14.3 Å². The molecular formula is C28H29NO3. The van der Waals surface area contributed by atoms with E-state index in [0.717, 1.165) is 28.9 Å². The third kappa shape index (κ3) is 5.44. The fourth-order valence-electron chi connectivity index (χ4n) is 4.18. The van der Waals surface area contributed by atoms with E-state index in [1.807, 2.05) is 78.6 Å². The van der Waals surface area contributed by atoms with Gasteiger partial charge in [0, 0.05) is 31.0 Å². The van der Waals surface area contributed by atoms with Gasteiger partial charge in [0.15, 0.2) is 12.4 Å². The fourth-order valence-corrected chi connectivity index (χ4v) is 4.18. The second-order valence-electron chi connectivity index (χ2n) is 8.44. The number of ether oxygens (including phenoxy) is 1. The first-order valence-corrected chi connectivity index (χ1v) is 11.2. The average Bonchev–Trinajstić information content (AvgIpc) is 2.84. The Labute approximate surface area is 189 Å². The highest BCUT2D eigenvalue weighted by Gasteiger charge is 2.28. The van der Waals surface area contributed by atoms with E-state index in [-0.39, 0.29) is 24.2 Å². The Morgan fingerprint density at radius 1 is 0.875 bits per heavy atom. The Kier molecular flexibility index (Phi) is 7.00. The lowest BCUT2D eigenvalue weighted by atomic mass is 9.88. The van der Waals surface area contributed by atoms with Crippen molar-refractivity contribution in [1.29, 1.82) is 0 Å². The molecule has 0 aromatic heterocycles. The highest BCUT2D eigenvalue weighted by atomic mass is 16.5. The molecule has 1 saturated heterocycles. The molecule has 32 heavy (non-hydrogen) atoms. The summed E-state index contributed by atoms with van der Waals surface area (Å²) >= 11 is 0. The van der Waals surface area contributed by atoms with Crippen LogP contribution in [0.4, 0.5) is 0 Å². The van der Waals surface area contributed by atoms with Gasteiger partial charge in [-0.25, -0.2) is 0 Å². The maximum Gasteiger partial charge on any atom is 0.260 e. The third-order valence-corrected chi connectivity index (χ3v) is 6.12. The number of piperidine rings is 1. The summed E-state index contributed by atoms with van der Waals surface area (Å²) in [5, 5.41) is 0. The summed E-state index contributed by atoms with van der Waals surface area (Å²) in [4.78, 5) is 27.3. The quantitative estimate of drug-likeness (QED) is 0.494.